The molecular formula is C14H23NO4S. The van der Waals surface area contributed by atoms with E-state index in [0.29, 0.717) is 17.3 Å². The lowest BCUT2D eigenvalue weighted by atomic mass is 10.3. The van der Waals surface area contributed by atoms with Crippen molar-refractivity contribution in [1.29, 1.82) is 0 Å². The maximum absolute atomic E-state index is 11.3. The van der Waals surface area contributed by atoms with Crippen molar-refractivity contribution in [2.75, 3.05) is 39.7 Å². The Morgan fingerprint density at radius 3 is 2.35 bits per heavy atom. The average molecular weight is 301 g/mol. The van der Waals surface area contributed by atoms with Gasteiger partial charge in [0.05, 0.1) is 18.1 Å². The van der Waals surface area contributed by atoms with E-state index in [9.17, 15) is 8.42 Å². The number of hydrogen-bond donors (Lipinski definition) is 1. The van der Waals surface area contributed by atoms with Crippen LogP contribution in [0.2, 0.25) is 0 Å². The molecule has 1 aromatic rings. The van der Waals surface area contributed by atoms with Crippen LogP contribution in [-0.4, -0.2) is 48.1 Å². The van der Waals surface area contributed by atoms with Crippen LogP contribution in [0.5, 0.6) is 5.75 Å². The highest BCUT2D eigenvalue weighted by molar-refractivity contribution is 7.90. The van der Waals surface area contributed by atoms with Gasteiger partial charge in [-0.05, 0) is 43.7 Å². The van der Waals surface area contributed by atoms with Gasteiger partial charge >= 0.3 is 0 Å². The van der Waals surface area contributed by atoms with Gasteiger partial charge in [0.25, 0.3) is 0 Å². The van der Waals surface area contributed by atoms with Crippen LogP contribution >= 0.6 is 0 Å². The van der Waals surface area contributed by atoms with E-state index in [1.54, 1.807) is 31.4 Å². The van der Waals surface area contributed by atoms with Crippen LogP contribution in [0, 0.1) is 0 Å². The Balaban J connectivity index is 2.16. The normalized spacial score (nSPS) is 11.5. The van der Waals surface area contributed by atoms with Gasteiger partial charge in [-0.2, -0.15) is 0 Å². The fourth-order valence-electron chi connectivity index (χ4n) is 1.62. The monoisotopic (exact) mass is 301 g/mol. The quantitative estimate of drug-likeness (QED) is 0.663. The van der Waals surface area contributed by atoms with Gasteiger partial charge < -0.3 is 14.8 Å². The molecule has 0 spiro atoms. The summed E-state index contributed by atoms with van der Waals surface area (Å²) >= 11 is 0. The summed E-state index contributed by atoms with van der Waals surface area (Å²) < 4.78 is 33.1. The third-order valence-electron chi connectivity index (χ3n) is 2.75. The number of ether oxygens (including phenoxy) is 2. The van der Waals surface area contributed by atoms with Crippen LogP contribution in [-0.2, 0) is 14.6 Å². The number of benzene rings is 1. The summed E-state index contributed by atoms with van der Waals surface area (Å²) in [7, 11) is -1.45. The highest BCUT2D eigenvalue weighted by Crippen LogP contribution is 2.15. The molecule has 0 bridgehead atoms. The zero-order chi connectivity index (χ0) is 14.8. The number of rotatable bonds is 10. The SMILES string of the molecule is COCCNCCCCOc1ccc(S(C)(=O)=O)cc1. The van der Waals surface area contributed by atoms with E-state index in [1.165, 1.54) is 6.26 Å². The maximum Gasteiger partial charge on any atom is 0.175 e. The Morgan fingerprint density at radius 2 is 1.75 bits per heavy atom. The first-order valence-corrected chi connectivity index (χ1v) is 8.56. The molecule has 0 atom stereocenters. The first-order chi connectivity index (χ1) is 9.54. The summed E-state index contributed by atoms with van der Waals surface area (Å²) in [5, 5.41) is 3.26. The molecule has 1 N–H and O–H groups in total. The van der Waals surface area contributed by atoms with Crippen molar-refractivity contribution in [3.05, 3.63) is 24.3 Å². The van der Waals surface area contributed by atoms with E-state index in [-0.39, 0.29) is 0 Å². The van der Waals surface area contributed by atoms with Gasteiger partial charge in [0, 0.05) is 19.9 Å². The van der Waals surface area contributed by atoms with Gasteiger partial charge in [0.1, 0.15) is 5.75 Å². The summed E-state index contributed by atoms with van der Waals surface area (Å²) in [6, 6.07) is 6.51. The molecule has 1 aromatic carbocycles. The Bertz CT molecular complexity index is 470. The molecule has 0 aromatic heterocycles. The van der Waals surface area contributed by atoms with Crippen LogP contribution in [0.4, 0.5) is 0 Å². The summed E-state index contributed by atoms with van der Waals surface area (Å²) in [5.41, 5.74) is 0. The molecule has 0 radical (unpaired) electrons. The van der Waals surface area contributed by atoms with Crippen molar-refractivity contribution in [1.82, 2.24) is 5.32 Å². The minimum absolute atomic E-state index is 0.312. The van der Waals surface area contributed by atoms with Crippen LogP contribution in [0.25, 0.3) is 0 Å². The van der Waals surface area contributed by atoms with Crippen LogP contribution < -0.4 is 10.1 Å². The molecule has 20 heavy (non-hydrogen) atoms. The van der Waals surface area contributed by atoms with Crippen molar-refractivity contribution in [2.45, 2.75) is 17.7 Å². The molecule has 0 amide bonds. The Morgan fingerprint density at radius 1 is 1.05 bits per heavy atom. The minimum Gasteiger partial charge on any atom is -0.494 e. The van der Waals surface area contributed by atoms with Crippen molar-refractivity contribution in [3.63, 3.8) is 0 Å². The second-order valence-corrected chi connectivity index (χ2v) is 6.56. The third-order valence-corrected chi connectivity index (χ3v) is 3.88. The molecule has 6 heteroatoms. The number of sulfone groups is 1. The van der Waals surface area contributed by atoms with Crippen molar-refractivity contribution >= 4 is 9.84 Å². The second-order valence-electron chi connectivity index (χ2n) is 4.54. The number of nitrogens with one attached hydrogen (secondary N) is 1. The Labute approximate surface area is 121 Å². The van der Waals surface area contributed by atoms with Crippen molar-refractivity contribution in [2.24, 2.45) is 0 Å². The third kappa shape index (κ3) is 6.88. The molecule has 0 fully saturated rings. The number of unbranched alkanes of at least 4 members (excludes halogenated alkanes) is 1. The van der Waals surface area contributed by atoms with E-state index in [1.807, 2.05) is 0 Å². The predicted molar refractivity (Wildman–Crippen MR) is 79.0 cm³/mol. The number of hydrogen-bond acceptors (Lipinski definition) is 5. The summed E-state index contributed by atoms with van der Waals surface area (Å²) in [6.07, 6.45) is 3.18. The van der Waals surface area contributed by atoms with E-state index in [0.717, 1.165) is 32.5 Å². The molecule has 1 rings (SSSR count). The lowest BCUT2D eigenvalue weighted by Gasteiger charge is -2.07. The van der Waals surface area contributed by atoms with Crippen LogP contribution in [0.3, 0.4) is 0 Å². The highest BCUT2D eigenvalue weighted by Gasteiger charge is 2.06. The molecule has 0 aliphatic rings. The molecule has 5 nitrogen and oxygen atoms in total. The van der Waals surface area contributed by atoms with Crippen molar-refractivity contribution in [3.8, 4) is 5.75 Å². The molecule has 0 unspecified atom stereocenters. The minimum atomic E-state index is -3.13. The molecule has 114 valence electrons. The molecule has 0 heterocycles. The topological polar surface area (TPSA) is 64.6 Å². The van der Waals surface area contributed by atoms with Gasteiger partial charge in [-0.3, -0.25) is 0 Å². The molecule has 0 saturated carbocycles. The van der Waals surface area contributed by atoms with E-state index in [2.05, 4.69) is 5.32 Å². The Hall–Kier alpha value is -1.11. The van der Waals surface area contributed by atoms with Gasteiger partial charge in [-0.25, -0.2) is 8.42 Å². The highest BCUT2D eigenvalue weighted by atomic mass is 32.2. The number of methoxy groups -OCH3 is 1. The second kappa shape index (κ2) is 8.94. The molecule has 0 aliphatic carbocycles. The van der Waals surface area contributed by atoms with E-state index < -0.39 is 9.84 Å². The van der Waals surface area contributed by atoms with Crippen LogP contribution in [0.15, 0.2) is 29.2 Å². The summed E-state index contributed by atoms with van der Waals surface area (Å²) in [4.78, 5) is 0.312. The predicted octanol–water partition coefficient (Wildman–Crippen LogP) is 1.49. The maximum atomic E-state index is 11.3. The van der Waals surface area contributed by atoms with Gasteiger partial charge in [-0.15, -0.1) is 0 Å². The molecular weight excluding hydrogens is 278 g/mol. The first-order valence-electron chi connectivity index (χ1n) is 6.66. The van der Waals surface area contributed by atoms with Gasteiger partial charge in [0.2, 0.25) is 0 Å². The lowest BCUT2D eigenvalue weighted by Crippen LogP contribution is -2.20. The molecule has 0 saturated heterocycles. The Kier molecular flexibility index (Phi) is 7.58. The average Bonchev–Trinajstić information content (AvgIpc) is 2.41. The largest absolute Gasteiger partial charge is 0.494 e. The smallest absolute Gasteiger partial charge is 0.175 e. The first kappa shape index (κ1) is 16.9. The van der Waals surface area contributed by atoms with E-state index in [4.69, 9.17) is 9.47 Å². The zero-order valence-electron chi connectivity index (χ0n) is 12.1. The summed E-state index contributed by atoms with van der Waals surface area (Å²) in [5.74, 6) is 0.699. The van der Waals surface area contributed by atoms with Gasteiger partial charge in [-0.1, -0.05) is 0 Å². The van der Waals surface area contributed by atoms with E-state index >= 15 is 0 Å². The summed E-state index contributed by atoms with van der Waals surface area (Å²) in [6.45, 7) is 3.16. The fourth-order valence-corrected chi connectivity index (χ4v) is 2.25. The standard InChI is InChI=1S/C14H23NO4S/c1-18-12-10-15-9-3-4-11-19-13-5-7-14(8-6-13)20(2,16)17/h5-8,15H,3-4,9-12H2,1-2H3. The van der Waals surface area contributed by atoms with Crippen LogP contribution in [0.1, 0.15) is 12.8 Å². The van der Waals surface area contributed by atoms with Crippen molar-refractivity contribution < 1.29 is 17.9 Å². The lowest BCUT2D eigenvalue weighted by molar-refractivity contribution is 0.199. The molecule has 0 aliphatic heterocycles. The van der Waals surface area contributed by atoms with Gasteiger partial charge in [0.15, 0.2) is 9.84 Å². The zero-order valence-corrected chi connectivity index (χ0v) is 12.9. The fraction of sp³-hybridized carbons (Fsp3) is 0.571.